The Labute approximate surface area is 186 Å². The number of ether oxygens (including phenoxy) is 1. The molecule has 0 saturated heterocycles. The van der Waals surface area contributed by atoms with Gasteiger partial charge in [0.25, 0.3) is 5.91 Å². The predicted octanol–water partition coefficient (Wildman–Crippen LogP) is 5.11. The number of halogens is 1. The maximum atomic E-state index is 12.5. The second-order valence-corrected chi connectivity index (χ2v) is 8.17. The van der Waals surface area contributed by atoms with Crippen molar-refractivity contribution in [2.75, 3.05) is 11.9 Å². The average Bonchev–Trinajstić information content (AvgIpc) is 2.74. The van der Waals surface area contributed by atoms with Gasteiger partial charge in [0.2, 0.25) is 0 Å². The van der Waals surface area contributed by atoms with Gasteiger partial charge in [-0.1, -0.05) is 36.0 Å². The van der Waals surface area contributed by atoms with Gasteiger partial charge in [0.05, 0.1) is 11.1 Å². The summed E-state index contributed by atoms with van der Waals surface area (Å²) in [5, 5.41) is 11.9. The van der Waals surface area contributed by atoms with Gasteiger partial charge in [0.1, 0.15) is 6.07 Å². The quantitative estimate of drug-likeness (QED) is 0.366. The third kappa shape index (κ3) is 5.82. The number of nitriles is 1. The molecule has 3 aromatic rings. The number of anilines is 1. The Morgan fingerprint density at radius 1 is 0.966 bits per heavy atom. The van der Waals surface area contributed by atoms with E-state index in [9.17, 15) is 14.9 Å². The smallest absolute Gasteiger partial charge is 0.339 e. The van der Waals surface area contributed by atoms with Crippen LogP contribution in [0.15, 0.2) is 82.6 Å². The van der Waals surface area contributed by atoms with Crippen molar-refractivity contribution in [3.8, 4) is 6.07 Å². The van der Waals surface area contributed by atoms with Crippen molar-refractivity contribution >= 4 is 51.9 Å². The summed E-state index contributed by atoms with van der Waals surface area (Å²) >= 11 is 3.48. The summed E-state index contributed by atoms with van der Waals surface area (Å²) in [5.41, 5.74) is 1.50. The van der Waals surface area contributed by atoms with Gasteiger partial charge in [-0.15, -0.1) is 0 Å². The van der Waals surface area contributed by atoms with Gasteiger partial charge < -0.3 is 10.1 Å². The van der Waals surface area contributed by atoms with Crippen LogP contribution in [0.3, 0.4) is 0 Å². The molecule has 0 atom stereocenters. The summed E-state index contributed by atoms with van der Waals surface area (Å²) in [5.74, 6) is -1.01. The first kappa shape index (κ1) is 20.9. The number of esters is 1. The summed E-state index contributed by atoms with van der Waals surface area (Å²) in [7, 11) is 0. The molecule has 0 heterocycles. The summed E-state index contributed by atoms with van der Waals surface area (Å²) in [4.78, 5) is 26.0. The van der Waals surface area contributed by atoms with E-state index in [1.165, 1.54) is 11.8 Å². The molecule has 0 aromatic heterocycles. The molecule has 7 heteroatoms. The van der Waals surface area contributed by atoms with E-state index in [0.29, 0.717) is 21.7 Å². The normalized spacial score (nSPS) is 10.1. The van der Waals surface area contributed by atoms with Crippen LogP contribution in [0.5, 0.6) is 0 Å². The number of carbonyl (C=O) groups is 2. The van der Waals surface area contributed by atoms with Crippen molar-refractivity contribution in [1.82, 2.24) is 0 Å². The SMILES string of the molecule is N#Cc1ccccc1Sc1ccccc1C(=O)OCC(=O)Nc1ccc(I)cc1. The van der Waals surface area contributed by atoms with Crippen LogP contribution < -0.4 is 5.32 Å². The van der Waals surface area contributed by atoms with Gasteiger partial charge in [0, 0.05) is 19.0 Å². The Morgan fingerprint density at radius 3 is 2.34 bits per heavy atom. The summed E-state index contributed by atoms with van der Waals surface area (Å²) in [6.07, 6.45) is 0. The number of carbonyl (C=O) groups excluding carboxylic acids is 2. The molecule has 0 aliphatic rings. The molecule has 1 amide bonds. The number of benzene rings is 3. The lowest BCUT2D eigenvalue weighted by Gasteiger charge is -2.10. The van der Waals surface area contributed by atoms with Crippen LogP contribution in [0.25, 0.3) is 0 Å². The molecule has 0 spiro atoms. The maximum Gasteiger partial charge on any atom is 0.339 e. The van der Waals surface area contributed by atoms with Crippen molar-refractivity contribution in [3.63, 3.8) is 0 Å². The Hall–Kier alpha value is -2.83. The molecule has 29 heavy (non-hydrogen) atoms. The fourth-order valence-corrected chi connectivity index (χ4v) is 3.80. The van der Waals surface area contributed by atoms with Gasteiger partial charge in [-0.05, 0) is 71.1 Å². The fraction of sp³-hybridized carbons (Fsp3) is 0.0455. The molecule has 0 unspecified atom stereocenters. The van der Waals surface area contributed by atoms with Crippen molar-refractivity contribution < 1.29 is 14.3 Å². The fourth-order valence-electron chi connectivity index (χ4n) is 2.43. The Balaban J connectivity index is 1.66. The lowest BCUT2D eigenvalue weighted by Crippen LogP contribution is -2.21. The minimum absolute atomic E-state index is 0.340. The standard InChI is InChI=1S/C22H15IN2O3S/c23-16-9-11-17(12-10-16)25-21(26)14-28-22(27)18-6-2-4-8-20(18)29-19-7-3-1-5-15(19)13-24/h1-12H,14H2,(H,25,26). The lowest BCUT2D eigenvalue weighted by atomic mass is 10.2. The first-order valence-electron chi connectivity index (χ1n) is 8.55. The zero-order valence-corrected chi connectivity index (χ0v) is 18.1. The van der Waals surface area contributed by atoms with Crippen LogP contribution in [-0.2, 0) is 9.53 Å². The number of nitrogens with zero attached hydrogens (tertiary/aromatic N) is 1. The van der Waals surface area contributed by atoms with E-state index in [-0.39, 0.29) is 0 Å². The van der Waals surface area contributed by atoms with E-state index >= 15 is 0 Å². The molecule has 0 radical (unpaired) electrons. The number of hydrogen-bond acceptors (Lipinski definition) is 5. The monoisotopic (exact) mass is 514 g/mol. The third-order valence-electron chi connectivity index (χ3n) is 3.80. The van der Waals surface area contributed by atoms with Gasteiger partial charge in [-0.3, -0.25) is 4.79 Å². The van der Waals surface area contributed by atoms with E-state index < -0.39 is 18.5 Å². The first-order chi connectivity index (χ1) is 14.1. The highest BCUT2D eigenvalue weighted by Gasteiger charge is 2.16. The molecular weight excluding hydrogens is 499 g/mol. The molecule has 0 fully saturated rings. The molecule has 144 valence electrons. The largest absolute Gasteiger partial charge is 0.452 e. The summed E-state index contributed by atoms with van der Waals surface area (Å²) < 4.78 is 6.24. The van der Waals surface area contributed by atoms with Gasteiger partial charge in [-0.25, -0.2) is 4.79 Å². The molecule has 0 saturated carbocycles. The van der Waals surface area contributed by atoms with Crippen molar-refractivity contribution in [1.29, 1.82) is 5.26 Å². The number of rotatable bonds is 6. The molecule has 1 N–H and O–H groups in total. The minimum atomic E-state index is -0.597. The molecule has 3 rings (SSSR count). The lowest BCUT2D eigenvalue weighted by molar-refractivity contribution is -0.119. The average molecular weight is 514 g/mol. The second-order valence-electron chi connectivity index (χ2n) is 5.84. The molecule has 3 aromatic carbocycles. The molecule has 0 bridgehead atoms. The molecule has 5 nitrogen and oxygen atoms in total. The Kier molecular flexibility index (Phi) is 7.27. The van der Waals surface area contributed by atoms with Crippen LogP contribution in [0.2, 0.25) is 0 Å². The number of nitrogens with one attached hydrogen (secondary N) is 1. The van der Waals surface area contributed by atoms with E-state index in [4.69, 9.17) is 4.74 Å². The zero-order chi connectivity index (χ0) is 20.6. The summed E-state index contributed by atoms with van der Waals surface area (Å²) in [6, 6.07) is 23.5. The minimum Gasteiger partial charge on any atom is -0.452 e. The van der Waals surface area contributed by atoms with Crippen molar-refractivity contribution in [2.45, 2.75) is 9.79 Å². The van der Waals surface area contributed by atoms with Crippen molar-refractivity contribution in [3.05, 3.63) is 87.5 Å². The highest BCUT2D eigenvalue weighted by molar-refractivity contribution is 14.1. The molecule has 0 aliphatic heterocycles. The third-order valence-corrected chi connectivity index (χ3v) is 5.67. The zero-order valence-electron chi connectivity index (χ0n) is 15.1. The van der Waals surface area contributed by atoms with Crippen LogP contribution in [0, 0.1) is 14.9 Å². The first-order valence-corrected chi connectivity index (χ1v) is 10.4. The van der Waals surface area contributed by atoms with Crippen LogP contribution >= 0.6 is 34.4 Å². The van der Waals surface area contributed by atoms with E-state index in [1.807, 2.05) is 24.3 Å². The molecule has 0 aliphatic carbocycles. The highest BCUT2D eigenvalue weighted by Crippen LogP contribution is 2.32. The summed E-state index contributed by atoms with van der Waals surface area (Å²) in [6.45, 7) is -0.390. The second kappa shape index (κ2) is 10.1. The van der Waals surface area contributed by atoms with Crippen LogP contribution in [0.1, 0.15) is 15.9 Å². The molecular formula is C22H15IN2O3S. The van der Waals surface area contributed by atoms with E-state index in [0.717, 1.165) is 8.47 Å². The van der Waals surface area contributed by atoms with Crippen LogP contribution in [0.4, 0.5) is 5.69 Å². The number of amides is 1. The number of hydrogen-bond donors (Lipinski definition) is 1. The maximum absolute atomic E-state index is 12.5. The van der Waals surface area contributed by atoms with Gasteiger partial charge in [-0.2, -0.15) is 5.26 Å². The van der Waals surface area contributed by atoms with Crippen LogP contribution in [-0.4, -0.2) is 18.5 Å². The van der Waals surface area contributed by atoms with Gasteiger partial charge in [0.15, 0.2) is 6.61 Å². The highest BCUT2D eigenvalue weighted by atomic mass is 127. The topological polar surface area (TPSA) is 79.2 Å². The van der Waals surface area contributed by atoms with E-state index in [1.54, 1.807) is 48.5 Å². The van der Waals surface area contributed by atoms with Gasteiger partial charge >= 0.3 is 5.97 Å². The van der Waals surface area contributed by atoms with E-state index in [2.05, 4.69) is 34.0 Å². The predicted molar refractivity (Wildman–Crippen MR) is 120 cm³/mol. The Bertz CT molecular complexity index is 1080. The Morgan fingerprint density at radius 2 is 1.62 bits per heavy atom. The van der Waals surface area contributed by atoms with Crippen molar-refractivity contribution in [2.24, 2.45) is 0 Å².